The van der Waals surface area contributed by atoms with Gasteiger partial charge in [-0.3, -0.25) is 0 Å². The molecule has 1 aliphatic rings. The molecule has 2 rings (SSSR count). The summed E-state index contributed by atoms with van der Waals surface area (Å²) in [5, 5.41) is 5.11. The van der Waals surface area contributed by atoms with Crippen molar-refractivity contribution in [3.8, 4) is 0 Å². The molecule has 1 aliphatic heterocycles. The van der Waals surface area contributed by atoms with Gasteiger partial charge < -0.3 is 5.32 Å². The standard InChI is InChI=1S/C8H10N2S.ClH/c1-2-4-10-8(3-1)11-7-5-9-6-7;/h1-4,7,9H,5-6H2;1H. The lowest BCUT2D eigenvalue weighted by molar-refractivity contribution is 0.543. The fraction of sp³-hybridized carbons (Fsp3) is 0.375. The third-order valence-electron chi connectivity index (χ3n) is 1.67. The number of pyridine rings is 1. The molecule has 2 heterocycles. The van der Waals surface area contributed by atoms with E-state index >= 15 is 0 Å². The van der Waals surface area contributed by atoms with Gasteiger partial charge in [0.15, 0.2) is 0 Å². The number of nitrogens with one attached hydrogen (secondary N) is 1. The highest BCUT2D eigenvalue weighted by molar-refractivity contribution is 8.00. The second-order valence-electron chi connectivity index (χ2n) is 2.57. The molecule has 0 unspecified atom stereocenters. The summed E-state index contributed by atoms with van der Waals surface area (Å²) in [6, 6.07) is 6.04. The molecule has 66 valence electrons. The molecule has 1 fully saturated rings. The third kappa shape index (κ3) is 2.37. The summed E-state index contributed by atoms with van der Waals surface area (Å²) in [5.41, 5.74) is 0. The Bertz CT molecular complexity index is 226. The highest BCUT2D eigenvalue weighted by atomic mass is 35.5. The fourth-order valence-corrected chi connectivity index (χ4v) is 1.96. The van der Waals surface area contributed by atoms with Crippen LogP contribution in [0.25, 0.3) is 0 Å². The summed E-state index contributed by atoms with van der Waals surface area (Å²) in [5.74, 6) is 0. The number of hydrogen-bond acceptors (Lipinski definition) is 3. The first-order valence-corrected chi connectivity index (χ1v) is 4.61. The third-order valence-corrected chi connectivity index (χ3v) is 2.82. The molecular formula is C8H11ClN2S. The molecule has 1 N–H and O–H groups in total. The van der Waals surface area contributed by atoms with E-state index in [1.165, 1.54) is 0 Å². The summed E-state index contributed by atoms with van der Waals surface area (Å²) in [6.07, 6.45) is 1.84. The normalized spacial score (nSPS) is 16.3. The number of hydrogen-bond donors (Lipinski definition) is 1. The number of aromatic nitrogens is 1. The van der Waals surface area contributed by atoms with Crippen molar-refractivity contribution in [2.24, 2.45) is 0 Å². The summed E-state index contributed by atoms with van der Waals surface area (Å²) in [4.78, 5) is 4.24. The van der Waals surface area contributed by atoms with Gasteiger partial charge in [-0.25, -0.2) is 4.98 Å². The average molecular weight is 203 g/mol. The van der Waals surface area contributed by atoms with Gasteiger partial charge in [-0.2, -0.15) is 0 Å². The minimum atomic E-state index is 0. The SMILES string of the molecule is Cl.c1ccc(SC2CNC2)nc1. The molecule has 1 aromatic heterocycles. The van der Waals surface area contributed by atoms with Crippen LogP contribution < -0.4 is 5.32 Å². The maximum atomic E-state index is 4.24. The van der Waals surface area contributed by atoms with Crippen LogP contribution in [0.15, 0.2) is 29.4 Å². The van der Waals surface area contributed by atoms with Gasteiger partial charge >= 0.3 is 0 Å². The molecule has 0 bridgehead atoms. The molecule has 0 radical (unpaired) electrons. The molecule has 0 atom stereocenters. The Balaban J connectivity index is 0.000000720. The topological polar surface area (TPSA) is 24.9 Å². The van der Waals surface area contributed by atoms with Crippen LogP contribution in [-0.2, 0) is 0 Å². The molecule has 1 saturated heterocycles. The second kappa shape index (κ2) is 4.70. The predicted molar refractivity (Wildman–Crippen MR) is 54.0 cm³/mol. The highest BCUT2D eigenvalue weighted by Crippen LogP contribution is 2.22. The van der Waals surface area contributed by atoms with Gasteiger partial charge in [-0.1, -0.05) is 6.07 Å². The molecular weight excluding hydrogens is 192 g/mol. The Morgan fingerprint density at radius 3 is 2.75 bits per heavy atom. The largest absolute Gasteiger partial charge is 0.314 e. The van der Waals surface area contributed by atoms with Gasteiger partial charge in [0.1, 0.15) is 0 Å². The van der Waals surface area contributed by atoms with Crippen molar-refractivity contribution in [2.45, 2.75) is 10.3 Å². The Morgan fingerprint density at radius 2 is 2.25 bits per heavy atom. The van der Waals surface area contributed by atoms with Gasteiger partial charge in [0.2, 0.25) is 0 Å². The number of halogens is 1. The van der Waals surface area contributed by atoms with Crippen molar-refractivity contribution >= 4 is 24.2 Å². The van der Waals surface area contributed by atoms with Crippen LogP contribution in [0, 0.1) is 0 Å². The van der Waals surface area contributed by atoms with E-state index in [-0.39, 0.29) is 12.4 Å². The minimum Gasteiger partial charge on any atom is -0.314 e. The Kier molecular flexibility index (Phi) is 3.85. The number of nitrogens with zero attached hydrogens (tertiary/aromatic N) is 1. The lowest BCUT2D eigenvalue weighted by Gasteiger charge is -2.25. The second-order valence-corrected chi connectivity index (χ2v) is 3.89. The van der Waals surface area contributed by atoms with Gasteiger partial charge in [-0.05, 0) is 12.1 Å². The first kappa shape index (κ1) is 9.84. The summed E-state index contributed by atoms with van der Waals surface area (Å²) >= 11 is 1.86. The van der Waals surface area contributed by atoms with E-state index in [2.05, 4.69) is 16.4 Å². The smallest absolute Gasteiger partial charge is 0.0963 e. The van der Waals surface area contributed by atoms with E-state index in [1.807, 2.05) is 30.1 Å². The van der Waals surface area contributed by atoms with E-state index in [4.69, 9.17) is 0 Å². The molecule has 12 heavy (non-hydrogen) atoms. The Labute approximate surface area is 82.6 Å². The molecule has 0 aliphatic carbocycles. The molecule has 0 saturated carbocycles. The summed E-state index contributed by atoms with van der Waals surface area (Å²) in [7, 11) is 0. The van der Waals surface area contributed by atoms with Crippen LogP contribution in [-0.4, -0.2) is 23.3 Å². The first-order valence-electron chi connectivity index (χ1n) is 3.73. The zero-order valence-electron chi connectivity index (χ0n) is 6.56. The van der Waals surface area contributed by atoms with Gasteiger partial charge in [0.25, 0.3) is 0 Å². The van der Waals surface area contributed by atoms with Crippen LogP contribution >= 0.6 is 24.2 Å². The zero-order chi connectivity index (χ0) is 7.52. The van der Waals surface area contributed by atoms with Crippen molar-refractivity contribution < 1.29 is 0 Å². The molecule has 0 aromatic carbocycles. The molecule has 1 aromatic rings. The maximum Gasteiger partial charge on any atom is 0.0963 e. The van der Waals surface area contributed by atoms with Crippen molar-refractivity contribution in [3.05, 3.63) is 24.4 Å². The van der Waals surface area contributed by atoms with Crippen LogP contribution in [0.5, 0.6) is 0 Å². The Hall–Kier alpha value is -0.250. The van der Waals surface area contributed by atoms with Crippen LogP contribution in [0.3, 0.4) is 0 Å². The van der Waals surface area contributed by atoms with Crippen LogP contribution in [0.4, 0.5) is 0 Å². The van der Waals surface area contributed by atoms with Crippen molar-refractivity contribution in [3.63, 3.8) is 0 Å². The summed E-state index contributed by atoms with van der Waals surface area (Å²) in [6.45, 7) is 2.25. The Morgan fingerprint density at radius 1 is 1.42 bits per heavy atom. The zero-order valence-corrected chi connectivity index (χ0v) is 8.20. The quantitative estimate of drug-likeness (QED) is 0.788. The lowest BCUT2D eigenvalue weighted by atomic mass is 10.3. The van der Waals surface area contributed by atoms with Gasteiger partial charge in [0, 0.05) is 24.5 Å². The number of thioether (sulfide) groups is 1. The summed E-state index contributed by atoms with van der Waals surface area (Å²) < 4.78 is 0. The van der Waals surface area contributed by atoms with Crippen molar-refractivity contribution in [1.82, 2.24) is 10.3 Å². The number of rotatable bonds is 2. The van der Waals surface area contributed by atoms with Gasteiger partial charge in [0.05, 0.1) is 5.03 Å². The van der Waals surface area contributed by atoms with E-state index in [1.54, 1.807) is 0 Å². The van der Waals surface area contributed by atoms with Crippen LogP contribution in [0.1, 0.15) is 0 Å². The molecule has 0 spiro atoms. The predicted octanol–water partition coefficient (Wildman–Crippen LogP) is 1.57. The van der Waals surface area contributed by atoms with Crippen LogP contribution in [0.2, 0.25) is 0 Å². The average Bonchev–Trinajstić information content (AvgIpc) is 1.99. The molecule has 4 heteroatoms. The van der Waals surface area contributed by atoms with E-state index in [9.17, 15) is 0 Å². The first-order chi connectivity index (χ1) is 5.45. The fourth-order valence-electron chi connectivity index (χ4n) is 0.933. The van der Waals surface area contributed by atoms with E-state index in [0.29, 0.717) is 0 Å². The molecule has 2 nitrogen and oxygen atoms in total. The van der Waals surface area contributed by atoms with Crippen molar-refractivity contribution in [2.75, 3.05) is 13.1 Å². The van der Waals surface area contributed by atoms with E-state index in [0.717, 1.165) is 23.4 Å². The monoisotopic (exact) mass is 202 g/mol. The van der Waals surface area contributed by atoms with Gasteiger partial charge in [-0.15, -0.1) is 24.2 Å². The van der Waals surface area contributed by atoms with Crippen molar-refractivity contribution in [1.29, 1.82) is 0 Å². The minimum absolute atomic E-state index is 0. The highest BCUT2D eigenvalue weighted by Gasteiger charge is 2.17. The van der Waals surface area contributed by atoms with E-state index < -0.39 is 0 Å². The lowest BCUT2D eigenvalue weighted by Crippen LogP contribution is -2.44. The maximum absolute atomic E-state index is 4.24. The molecule has 0 amide bonds.